The van der Waals surface area contributed by atoms with Gasteiger partial charge in [0.2, 0.25) is 5.91 Å². The van der Waals surface area contributed by atoms with Crippen molar-refractivity contribution in [3.05, 3.63) is 123 Å². The molecule has 2 aliphatic rings. The molecular formula is C38H36N4O9S. The van der Waals surface area contributed by atoms with Crippen LogP contribution < -0.4 is 5.32 Å². The molecule has 1 saturated heterocycles. The van der Waals surface area contributed by atoms with Crippen LogP contribution >= 0.6 is 11.8 Å². The van der Waals surface area contributed by atoms with Crippen molar-refractivity contribution in [3.8, 4) is 6.07 Å². The highest BCUT2D eigenvalue weighted by atomic mass is 32.2. The molecule has 0 spiro atoms. The van der Waals surface area contributed by atoms with E-state index in [1.807, 2.05) is 30.3 Å². The minimum atomic E-state index is -1.16. The number of nitro benzene ring substituents is 1. The number of nitrogens with one attached hydrogen (secondary N) is 1. The van der Waals surface area contributed by atoms with Gasteiger partial charge in [0.15, 0.2) is 5.78 Å². The summed E-state index contributed by atoms with van der Waals surface area (Å²) >= 11 is 1.19. The standard InChI is InChI=1S/C38H36N4O9S/c1-2-32(44)50-23-29-30(20-27(21-39)35(45)26-13-7-4-8-14-26)52-37-33(40-31(43)15-9-12-24-10-5-3-6-11-24)36(46)41(37)34(29)38(47)51-22-25-16-18-28(19-17-25)42(48)49/h3-8,10-11,13-14,16-19,27,30,33,37H,2,9,12,15,20,22-23H2,1H3,(H,40,43)/t27?,30?,33?,37-/m0/s1. The maximum atomic E-state index is 13.9. The summed E-state index contributed by atoms with van der Waals surface area (Å²) in [6.07, 6.45) is 1.29. The summed E-state index contributed by atoms with van der Waals surface area (Å²) in [5, 5.41) is 22.4. The molecule has 2 aliphatic heterocycles. The van der Waals surface area contributed by atoms with Gasteiger partial charge in [-0.1, -0.05) is 67.6 Å². The molecule has 4 atom stereocenters. The summed E-state index contributed by atoms with van der Waals surface area (Å²) < 4.78 is 11.1. The van der Waals surface area contributed by atoms with E-state index >= 15 is 0 Å². The van der Waals surface area contributed by atoms with Crippen molar-refractivity contribution in [1.29, 1.82) is 5.26 Å². The number of nitrogens with zero attached hydrogens (tertiary/aromatic N) is 3. The largest absolute Gasteiger partial charge is 0.461 e. The van der Waals surface area contributed by atoms with Crippen LogP contribution in [0.5, 0.6) is 0 Å². The number of aryl methyl sites for hydroxylation is 1. The number of non-ortho nitro benzene ring substituents is 1. The molecule has 14 heteroatoms. The van der Waals surface area contributed by atoms with Crippen molar-refractivity contribution in [2.24, 2.45) is 5.92 Å². The Hall–Kier alpha value is -5.81. The van der Waals surface area contributed by atoms with Crippen molar-refractivity contribution in [3.63, 3.8) is 0 Å². The molecule has 1 N–H and O–H groups in total. The second-order valence-corrected chi connectivity index (χ2v) is 13.5. The number of hydrogen-bond acceptors (Lipinski definition) is 11. The van der Waals surface area contributed by atoms with E-state index in [0.29, 0.717) is 24.0 Å². The Labute approximate surface area is 304 Å². The Morgan fingerprint density at radius 2 is 1.63 bits per heavy atom. The van der Waals surface area contributed by atoms with Gasteiger partial charge in [0.25, 0.3) is 11.6 Å². The van der Waals surface area contributed by atoms with E-state index in [4.69, 9.17) is 9.47 Å². The van der Waals surface area contributed by atoms with E-state index in [1.165, 1.54) is 40.9 Å². The van der Waals surface area contributed by atoms with E-state index in [2.05, 4.69) is 11.4 Å². The number of ether oxygens (including phenoxy) is 2. The number of ketones is 1. The molecule has 3 aromatic rings. The van der Waals surface area contributed by atoms with E-state index in [0.717, 1.165) is 5.56 Å². The van der Waals surface area contributed by atoms with Crippen LogP contribution in [0.25, 0.3) is 0 Å². The number of thioether (sulfide) groups is 1. The fourth-order valence-corrected chi connectivity index (χ4v) is 7.55. The minimum absolute atomic E-state index is 0.0297. The van der Waals surface area contributed by atoms with Gasteiger partial charge in [-0.15, -0.1) is 11.8 Å². The van der Waals surface area contributed by atoms with Crippen LogP contribution in [0.4, 0.5) is 5.69 Å². The zero-order chi connectivity index (χ0) is 37.2. The van der Waals surface area contributed by atoms with Crippen LogP contribution in [0.15, 0.2) is 96.2 Å². The van der Waals surface area contributed by atoms with Crippen LogP contribution in [-0.4, -0.2) is 62.6 Å². The number of nitro groups is 1. The third-order valence-corrected chi connectivity index (χ3v) is 10.2. The van der Waals surface area contributed by atoms with E-state index in [1.54, 1.807) is 37.3 Å². The molecule has 52 heavy (non-hydrogen) atoms. The maximum Gasteiger partial charge on any atom is 0.355 e. The number of rotatable bonds is 16. The van der Waals surface area contributed by atoms with Gasteiger partial charge in [0.05, 0.1) is 11.0 Å². The van der Waals surface area contributed by atoms with Crippen LogP contribution in [0, 0.1) is 27.4 Å². The molecule has 0 aromatic heterocycles. The summed E-state index contributed by atoms with van der Waals surface area (Å²) in [6.45, 7) is 0.869. The number of Topliss-reactive ketones (excluding diaryl/α,β-unsaturated/α-hetero) is 1. The summed E-state index contributed by atoms with van der Waals surface area (Å²) in [5.41, 5.74) is 1.65. The zero-order valence-electron chi connectivity index (χ0n) is 28.3. The molecule has 13 nitrogen and oxygen atoms in total. The first-order chi connectivity index (χ1) is 25.1. The summed E-state index contributed by atoms with van der Waals surface area (Å²) in [4.78, 5) is 78.2. The first-order valence-electron chi connectivity index (χ1n) is 16.7. The van der Waals surface area contributed by atoms with Crippen LogP contribution in [0.2, 0.25) is 0 Å². The predicted octanol–water partition coefficient (Wildman–Crippen LogP) is 5.05. The third-order valence-electron chi connectivity index (χ3n) is 8.68. The average Bonchev–Trinajstić information content (AvgIpc) is 3.17. The highest BCUT2D eigenvalue weighted by molar-refractivity contribution is 8.00. The molecule has 2 heterocycles. The summed E-state index contributed by atoms with van der Waals surface area (Å²) in [5.74, 6) is -4.06. The number of nitriles is 1. The first kappa shape index (κ1) is 37.4. The second-order valence-electron chi connectivity index (χ2n) is 12.1. The van der Waals surface area contributed by atoms with Gasteiger partial charge in [-0.05, 0) is 42.5 Å². The van der Waals surface area contributed by atoms with Crippen LogP contribution in [0.1, 0.15) is 54.1 Å². The van der Waals surface area contributed by atoms with Gasteiger partial charge in [0, 0.05) is 41.4 Å². The minimum Gasteiger partial charge on any atom is -0.461 e. The summed E-state index contributed by atoms with van der Waals surface area (Å²) in [7, 11) is 0. The number of amides is 2. The molecule has 0 bridgehead atoms. The number of fused-ring (bicyclic) bond motifs is 1. The van der Waals surface area contributed by atoms with Crippen molar-refractivity contribution in [1.82, 2.24) is 10.2 Å². The number of esters is 2. The number of carbonyl (C=O) groups is 5. The molecule has 3 unspecified atom stereocenters. The molecular weight excluding hydrogens is 689 g/mol. The van der Waals surface area contributed by atoms with E-state index in [9.17, 15) is 39.3 Å². The van der Waals surface area contributed by atoms with Crippen molar-refractivity contribution in [2.45, 2.75) is 62.3 Å². The van der Waals surface area contributed by atoms with Crippen molar-refractivity contribution in [2.75, 3.05) is 6.61 Å². The fourth-order valence-electron chi connectivity index (χ4n) is 5.89. The normalized spacial score (nSPS) is 18.3. The molecule has 5 rings (SSSR count). The van der Waals surface area contributed by atoms with Gasteiger partial charge >= 0.3 is 11.9 Å². The van der Waals surface area contributed by atoms with Gasteiger partial charge in [-0.3, -0.25) is 34.2 Å². The van der Waals surface area contributed by atoms with Gasteiger partial charge in [0.1, 0.15) is 36.2 Å². The molecule has 3 aromatic carbocycles. The zero-order valence-corrected chi connectivity index (χ0v) is 29.1. The number of β-lactam (4-membered cyclic amide) rings is 1. The quantitative estimate of drug-likeness (QED) is 0.0685. The lowest BCUT2D eigenvalue weighted by atomic mass is 9.91. The average molecular weight is 725 g/mol. The monoisotopic (exact) mass is 724 g/mol. The smallest absolute Gasteiger partial charge is 0.355 e. The van der Waals surface area contributed by atoms with Crippen LogP contribution in [-0.2, 0) is 41.7 Å². The Kier molecular flexibility index (Phi) is 12.5. The Morgan fingerprint density at radius 1 is 0.962 bits per heavy atom. The van der Waals surface area contributed by atoms with Gasteiger partial charge in [-0.2, -0.15) is 5.26 Å². The van der Waals surface area contributed by atoms with E-state index < -0.39 is 57.7 Å². The molecule has 1 fully saturated rings. The molecule has 2 amide bonds. The lowest BCUT2D eigenvalue weighted by Gasteiger charge is -2.51. The highest BCUT2D eigenvalue weighted by Crippen LogP contribution is 2.47. The molecule has 0 aliphatic carbocycles. The molecule has 0 radical (unpaired) electrons. The predicted molar refractivity (Wildman–Crippen MR) is 189 cm³/mol. The topological polar surface area (TPSA) is 186 Å². The molecule has 268 valence electrons. The summed E-state index contributed by atoms with van der Waals surface area (Å²) in [6, 6.07) is 24.4. The Morgan fingerprint density at radius 3 is 2.27 bits per heavy atom. The van der Waals surface area contributed by atoms with E-state index in [-0.39, 0.29) is 48.7 Å². The van der Waals surface area contributed by atoms with Crippen molar-refractivity contribution < 1.29 is 38.4 Å². The highest BCUT2D eigenvalue weighted by Gasteiger charge is 2.57. The Balaban J connectivity index is 1.43. The van der Waals surface area contributed by atoms with Gasteiger partial charge in [-0.25, -0.2) is 4.79 Å². The first-order valence-corrected chi connectivity index (χ1v) is 17.6. The number of carbonyl (C=O) groups excluding carboxylic acids is 5. The van der Waals surface area contributed by atoms with Crippen molar-refractivity contribution >= 4 is 47.0 Å². The number of hydrogen-bond donors (Lipinski definition) is 1. The second kappa shape index (κ2) is 17.4. The van der Waals surface area contributed by atoms with Crippen LogP contribution in [0.3, 0.4) is 0 Å². The lowest BCUT2D eigenvalue weighted by molar-refractivity contribution is -0.384. The maximum absolute atomic E-state index is 13.9. The SMILES string of the molecule is CCC(=O)OCC1=C(C(=O)OCc2ccc([N+](=O)[O-])cc2)N2C(=O)C(NC(=O)CCCc3ccccc3)[C@@H]2SC1CC(C#N)C(=O)c1ccccc1. The third kappa shape index (κ3) is 8.91. The van der Waals surface area contributed by atoms with Gasteiger partial charge < -0.3 is 14.8 Å². The fraction of sp³-hybridized carbons (Fsp3) is 0.316. The molecule has 0 saturated carbocycles. The number of benzene rings is 3. The Bertz CT molecular complexity index is 1890. The lowest BCUT2D eigenvalue weighted by Crippen LogP contribution is -2.71.